The third-order valence-corrected chi connectivity index (χ3v) is 5.99. The lowest BCUT2D eigenvalue weighted by Crippen LogP contribution is -2.49. The van der Waals surface area contributed by atoms with Crippen molar-refractivity contribution in [2.45, 2.75) is 39.3 Å². The minimum absolute atomic E-state index is 0.000740. The Morgan fingerprint density at radius 1 is 1.16 bits per heavy atom. The molecule has 4 rings (SSSR count). The van der Waals surface area contributed by atoms with Crippen molar-refractivity contribution in [1.29, 1.82) is 0 Å². The molecule has 1 atom stereocenters. The molecule has 164 valence electrons. The Morgan fingerprint density at radius 2 is 1.90 bits per heavy atom. The molecule has 1 saturated heterocycles. The molecule has 9 nitrogen and oxygen atoms in total. The van der Waals surface area contributed by atoms with Gasteiger partial charge in [-0.2, -0.15) is 0 Å². The lowest BCUT2D eigenvalue weighted by atomic mass is 10.1. The molecule has 2 aliphatic heterocycles. The van der Waals surface area contributed by atoms with Gasteiger partial charge in [-0.3, -0.25) is 19.3 Å². The summed E-state index contributed by atoms with van der Waals surface area (Å²) < 4.78 is 5.23. The van der Waals surface area contributed by atoms with Gasteiger partial charge >= 0.3 is 0 Å². The van der Waals surface area contributed by atoms with Crippen LogP contribution in [0.5, 0.6) is 0 Å². The molecule has 0 spiro atoms. The van der Waals surface area contributed by atoms with Crippen LogP contribution in [0.4, 0.5) is 5.69 Å². The summed E-state index contributed by atoms with van der Waals surface area (Å²) in [6, 6.07) is 6.15. The zero-order chi connectivity index (χ0) is 22.0. The highest BCUT2D eigenvalue weighted by Gasteiger charge is 2.29. The molecule has 2 N–H and O–H groups in total. The average Bonchev–Trinajstić information content (AvgIpc) is 3.02. The Bertz CT molecular complexity index is 974. The summed E-state index contributed by atoms with van der Waals surface area (Å²) in [7, 11) is 0. The quantitative estimate of drug-likeness (QED) is 0.751. The van der Waals surface area contributed by atoms with Gasteiger partial charge in [0, 0.05) is 44.7 Å². The standard InChI is InChI=1S/C22H27N5O4/c1-14-17(15(2)31-25-14)13-26-9-11-27(12-10-26)20(28)8-7-19-22(30)23-18-6-4-3-5-16(18)21(29)24-19/h3-6,19H,7-13H2,1-2H3,(H,23,30)(H,24,29)/t19-/m1/s1. The maximum Gasteiger partial charge on any atom is 0.254 e. The van der Waals surface area contributed by atoms with Crippen LogP contribution < -0.4 is 10.6 Å². The second-order valence-electron chi connectivity index (χ2n) is 8.06. The summed E-state index contributed by atoms with van der Waals surface area (Å²) in [6.07, 6.45) is 0.474. The molecule has 1 aromatic carbocycles. The zero-order valence-electron chi connectivity index (χ0n) is 17.8. The SMILES string of the molecule is Cc1noc(C)c1CN1CCN(C(=O)CC[C@H]2NC(=O)c3ccccc3NC2=O)CC1. The van der Waals surface area contributed by atoms with Crippen molar-refractivity contribution in [1.82, 2.24) is 20.3 Å². The van der Waals surface area contributed by atoms with Crippen molar-refractivity contribution >= 4 is 23.4 Å². The molecule has 31 heavy (non-hydrogen) atoms. The fourth-order valence-corrected chi connectivity index (χ4v) is 4.05. The molecule has 1 aromatic heterocycles. The number of carbonyl (C=O) groups is 3. The van der Waals surface area contributed by atoms with Gasteiger partial charge in [-0.05, 0) is 32.4 Å². The molecule has 1 fully saturated rings. The predicted octanol–water partition coefficient (Wildman–Crippen LogP) is 1.47. The number of nitrogens with zero attached hydrogens (tertiary/aromatic N) is 3. The van der Waals surface area contributed by atoms with Gasteiger partial charge in [-0.15, -0.1) is 0 Å². The van der Waals surface area contributed by atoms with Crippen molar-refractivity contribution in [2.24, 2.45) is 0 Å². The van der Waals surface area contributed by atoms with E-state index < -0.39 is 6.04 Å². The van der Waals surface area contributed by atoms with Crippen molar-refractivity contribution in [3.63, 3.8) is 0 Å². The molecule has 0 unspecified atom stereocenters. The zero-order valence-corrected chi connectivity index (χ0v) is 17.8. The van der Waals surface area contributed by atoms with Crippen LogP contribution in [-0.4, -0.2) is 64.9 Å². The monoisotopic (exact) mass is 425 g/mol. The fraction of sp³-hybridized carbons (Fsp3) is 0.455. The molecule has 9 heteroatoms. The molecular weight excluding hydrogens is 398 g/mol. The van der Waals surface area contributed by atoms with E-state index >= 15 is 0 Å². The van der Waals surface area contributed by atoms with Gasteiger partial charge in [-0.1, -0.05) is 17.3 Å². The Kier molecular flexibility index (Phi) is 6.03. The van der Waals surface area contributed by atoms with Gasteiger partial charge in [0.25, 0.3) is 5.91 Å². The van der Waals surface area contributed by atoms with Crippen LogP contribution in [0, 0.1) is 13.8 Å². The maximum absolute atomic E-state index is 12.7. The molecule has 0 bridgehead atoms. The number of anilines is 1. The summed E-state index contributed by atoms with van der Waals surface area (Å²) in [4.78, 5) is 41.7. The number of hydrogen-bond acceptors (Lipinski definition) is 6. The number of amides is 3. The number of piperazine rings is 1. The van der Waals surface area contributed by atoms with E-state index in [2.05, 4.69) is 20.7 Å². The second-order valence-corrected chi connectivity index (χ2v) is 8.06. The molecule has 2 aliphatic rings. The number of para-hydroxylation sites is 1. The summed E-state index contributed by atoms with van der Waals surface area (Å²) in [5, 5.41) is 9.51. The van der Waals surface area contributed by atoms with Crippen LogP contribution in [-0.2, 0) is 16.1 Å². The molecule has 2 aromatic rings. The first-order chi connectivity index (χ1) is 14.9. The minimum atomic E-state index is -0.732. The van der Waals surface area contributed by atoms with Crippen LogP contribution in [0.3, 0.4) is 0 Å². The third kappa shape index (κ3) is 4.61. The molecule has 3 amide bonds. The number of fused-ring (bicyclic) bond motifs is 1. The van der Waals surface area contributed by atoms with E-state index in [1.54, 1.807) is 24.3 Å². The lowest BCUT2D eigenvalue weighted by molar-refractivity contribution is -0.133. The average molecular weight is 425 g/mol. The normalized spacial score (nSPS) is 19.4. The van der Waals surface area contributed by atoms with Gasteiger partial charge in [0.1, 0.15) is 11.8 Å². The Hall–Kier alpha value is -3.20. The number of benzene rings is 1. The van der Waals surface area contributed by atoms with E-state index in [-0.39, 0.29) is 30.6 Å². The van der Waals surface area contributed by atoms with Gasteiger partial charge in [-0.25, -0.2) is 0 Å². The number of aryl methyl sites for hydroxylation is 2. The highest BCUT2D eigenvalue weighted by molar-refractivity contribution is 6.09. The number of aromatic nitrogens is 1. The largest absolute Gasteiger partial charge is 0.361 e. The van der Waals surface area contributed by atoms with E-state index in [1.807, 2.05) is 18.7 Å². The van der Waals surface area contributed by atoms with Crippen LogP contribution >= 0.6 is 0 Å². The number of carbonyl (C=O) groups excluding carboxylic acids is 3. The fourth-order valence-electron chi connectivity index (χ4n) is 4.05. The Morgan fingerprint density at radius 3 is 2.61 bits per heavy atom. The molecular formula is C22H27N5O4. The van der Waals surface area contributed by atoms with Crippen LogP contribution in [0.15, 0.2) is 28.8 Å². The summed E-state index contributed by atoms with van der Waals surface area (Å²) in [6.45, 7) is 7.42. The first kappa shape index (κ1) is 21.0. The van der Waals surface area contributed by atoms with E-state index in [0.29, 0.717) is 24.3 Å². The topological polar surface area (TPSA) is 108 Å². The minimum Gasteiger partial charge on any atom is -0.361 e. The summed E-state index contributed by atoms with van der Waals surface area (Å²) in [5.74, 6) is 0.234. The summed E-state index contributed by atoms with van der Waals surface area (Å²) in [5.41, 5.74) is 2.94. The maximum atomic E-state index is 12.7. The first-order valence-corrected chi connectivity index (χ1v) is 10.5. The van der Waals surface area contributed by atoms with Crippen LogP contribution in [0.2, 0.25) is 0 Å². The third-order valence-electron chi connectivity index (χ3n) is 5.99. The van der Waals surface area contributed by atoms with Gasteiger partial charge < -0.3 is 20.1 Å². The van der Waals surface area contributed by atoms with Crippen molar-refractivity contribution < 1.29 is 18.9 Å². The smallest absolute Gasteiger partial charge is 0.254 e. The van der Waals surface area contributed by atoms with E-state index in [4.69, 9.17) is 4.52 Å². The van der Waals surface area contributed by atoms with E-state index in [1.165, 1.54) is 0 Å². The first-order valence-electron chi connectivity index (χ1n) is 10.5. The van der Waals surface area contributed by atoms with Gasteiger partial charge in [0.2, 0.25) is 11.8 Å². The highest BCUT2D eigenvalue weighted by atomic mass is 16.5. The highest BCUT2D eigenvalue weighted by Crippen LogP contribution is 2.20. The molecule has 3 heterocycles. The lowest BCUT2D eigenvalue weighted by Gasteiger charge is -2.35. The van der Waals surface area contributed by atoms with Crippen LogP contribution in [0.25, 0.3) is 0 Å². The number of hydrogen-bond donors (Lipinski definition) is 2. The summed E-state index contributed by atoms with van der Waals surface area (Å²) >= 11 is 0. The Labute approximate surface area is 180 Å². The van der Waals surface area contributed by atoms with E-state index in [9.17, 15) is 14.4 Å². The van der Waals surface area contributed by atoms with Crippen molar-refractivity contribution in [2.75, 3.05) is 31.5 Å². The predicted molar refractivity (Wildman–Crippen MR) is 113 cm³/mol. The van der Waals surface area contributed by atoms with Crippen LogP contribution in [0.1, 0.15) is 40.2 Å². The van der Waals surface area contributed by atoms with Crippen molar-refractivity contribution in [3.8, 4) is 0 Å². The van der Waals surface area contributed by atoms with Gasteiger partial charge in [0.15, 0.2) is 0 Å². The number of nitrogens with one attached hydrogen (secondary N) is 2. The van der Waals surface area contributed by atoms with E-state index in [0.717, 1.165) is 36.7 Å². The van der Waals surface area contributed by atoms with Gasteiger partial charge in [0.05, 0.1) is 16.9 Å². The molecule has 0 saturated carbocycles. The van der Waals surface area contributed by atoms with Crippen molar-refractivity contribution in [3.05, 3.63) is 46.8 Å². The Balaban J connectivity index is 1.27. The second kappa shape index (κ2) is 8.89. The number of rotatable bonds is 5. The molecule has 0 radical (unpaired) electrons. The molecule has 0 aliphatic carbocycles.